The molecule has 1 atom stereocenters. The molecule has 2 aromatic carbocycles. The van der Waals surface area contributed by atoms with Gasteiger partial charge in [-0.1, -0.05) is 6.92 Å². The number of nitrogens with one attached hydrogen (secondary N) is 1. The van der Waals surface area contributed by atoms with E-state index < -0.39 is 27.4 Å². The third kappa shape index (κ3) is 7.11. The number of rotatable bonds is 7. The van der Waals surface area contributed by atoms with E-state index in [0.717, 1.165) is 22.5 Å². The molecule has 240 valence electrons. The van der Waals surface area contributed by atoms with Gasteiger partial charge in [-0.25, -0.2) is 14.2 Å². The predicted octanol–water partition coefficient (Wildman–Crippen LogP) is 5.31. The zero-order chi connectivity index (χ0) is 32.6. The molecule has 5 rings (SSSR count). The van der Waals surface area contributed by atoms with E-state index in [-0.39, 0.29) is 41.2 Å². The molecule has 1 N–H and O–H groups in total. The second-order valence-corrected chi connectivity index (χ2v) is 14.1. The zero-order valence-electron chi connectivity index (χ0n) is 26.0. The van der Waals surface area contributed by atoms with Crippen LogP contribution in [0.5, 0.6) is 11.5 Å². The van der Waals surface area contributed by atoms with E-state index in [1.165, 1.54) is 13.1 Å². The minimum atomic E-state index is -3.96. The smallest absolute Gasteiger partial charge is 0.410 e. The van der Waals surface area contributed by atoms with Crippen LogP contribution in [-0.4, -0.2) is 78.2 Å². The Morgan fingerprint density at radius 2 is 1.98 bits per heavy atom. The van der Waals surface area contributed by atoms with Crippen molar-refractivity contribution in [2.45, 2.75) is 64.1 Å². The van der Waals surface area contributed by atoms with Crippen LogP contribution in [0.1, 0.15) is 64.1 Å². The number of benzene rings is 2. The summed E-state index contributed by atoms with van der Waals surface area (Å²) in [5.74, 6) is -1.05. The van der Waals surface area contributed by atoms with Gasteiger partial charge in [0.1, 0.15) is 23.0 Å². The lowest BCUT2D eigenvalue weighted by molar-refractivity contribution is -0.0485. The van der Waals surface area contributed by atoms with Crippen molar-refractivity contribution in [3.63, 3.8) is 0 Å². The van der Waals surface area contributed by atoms with Gasteiger partial charge in [0.05, 0.1) is 34.6 Å². The molecule has 2 aliphatic heterocycles. The van der Waals surface area contributed by atoms with E-state index in [4.69, 9.17) is 19.2 Å². The van der Waals surface area contributed by atoms with Gasteiger partial charge in [0.15, 0.2) is 11.6 Å². The van der Waals surface area contributed by atoms with Crippen LogP contribution < -0.4 is 9.46 Å². The molecule has 1 unspecified atom stereocenters. The highest BCUT2D eigenvalue weighted by molar-refractivity contribution is 7.90. The topological polar surface area (TPSA) is 147 Å². The van der Waals surface area contributed by atoms with Crippen LogP contribution in [0.25, 0.3) is 11.0 Å². The number of ether oxygens (including phenoxy) is 3. The Bertz CT molecular complexity index is 1750. The van der Waals surface area contributed by atoms with Crippen LogP contribution in [0, 0.1) is 17.1 Å². The van der Waals surface area contributed by atoms with Crippen molar-refractivity contribution in [3.8, 4) is 17.6 Å². The molecule has 3 aromatic rings. The van der Waals surface area contributed by atoms with Gasteiger partial charge < -0.3 is 19.1 Å². The van der Waals surface area contributed by atoms with Crippen molar-refractivity contribution in [2.75, 3.05) is 38.0 Å². The Kier molecular flexibility index (Phi) is 8.90. The van der Waals surface area contributed by atoms with Crippen molar-refractivity contribution in [1.29, 1.82) is 5.26 Å². The van der Waals surface area contributed by atoms with Gasteiger partial charge in [0.2, 0.25) is 0 Å². The van der Waals surface area contributed by atoms with Gasteiger partial charge >= 0.3 is 16.3 Å². The van der Waals surface area contributed by atoms with E-state index in [1.54, 1.807) is 36.2 Å². The minimum absolute atomic E-state index is 0.00635. The minimum Gasteiger partial charge on any atom is -0.453 e. The highest BCUT2D eigenvalue weighted by Crippen LogP contribution is 2.43. The maximum Gasteiger partial charge on any atom is 0.410 e. The molecule has 45 heavy (non-hydrogen) atoms. The van der Waals surface area contributed by atoms with Crippen molar-refractivity contribution in [1.82, 2.24) is 19.2 Å². The fourth-order valence-electron chi connectivity index (χ4n) is 5.43. The van der Waals surface area contributed by atoms with Crippen LogP contribution in [0.2, 0.25) is 0 Å². The molecule has 0 aliphatic carbocycles. The first-order valence-electron chi connectivity index (χ1n) is 14.8. The Hall–Kier alpha value is -4.06. The third-order valence-corrected chi connectivity index (χ3v) is 9.58. The largest absolute Gasteiger partial charge is 0.453 e. The highest BCUT2D eigenvalue weighted by atomic mass is 32.2. The van der Waals surface area contributed by atoms with Crippen molar-refractivity contribution in [3.05, 3.63) is 53.6 Å². The SMILES string of the molecule is CCN(C)S(=O)(=O)Nc1ccc(F)c(Oc2ccc3ncc(C4COC5(CCN(C(=O)OC(C)(C)C)CC5)C4)nc3c2)c1C#N. The van der Waals surface area contributed by atoms with Gasteiger partial charge in [-0.3, -0.25) is 9.71 Å². The maximum atomic E-state index is 14.9. The van der Waals surface area contributed by atoms with Gasteiger partial charge in [-0.15, -0.1) is 0 Å². The lowest BCUT2D eigenvalue weighted by atomic mass is 9.84. The number of fused-ring (bicyclic) bond motifs is 1. The molecular weight excluding hydrogens is 603 g/mol. The number of aromatic nitrogens is 2. The molecule has 0 radical (unpaired) electrons. The number of likely N-dealkylation sites (tertiary alicyclic amines) is 1. The second-order valence-electron chi connectivity index (χ2n) is 12.3. The molecule has 14 heteroatoms. The van der Waals surface area contributed by atoms with Crippen LogP contribution in [0.3, 0.4) is 0 Å². The van der Waals surface area contributed by atoms with Crippen molar-refractivity contribution >= 4 is 33.0 Å². The molecular formula is C31H37FN6O6S. The lowest BCUT2D eigenvalue weighted by Gasteiger charge is -2.39. The number of nitriles is 1. The average Bonchev–Trinajstić information content (AvgIpc) is 3.40. The summed E-state index contributed by atoms with van der Waals surface area (Å²) in [6, 6.07) is 8.91. The van der Waals surface area contributed by atoms with Crippen molar-refractivity contribution in [2.24, 2.45) is 0 Å². The maximum absolute atomic E-state index is 14.9. The van der Waals surface area contributed by atoms with Gasteiger partial charge in [0.25, 0.3) is 0 Å². The first-order valence-corrected chi connectivity index (χ1v) is 16.2. The molecule has 1 aromatic heterocycles. The highest BCUT2D eigenvalue weighted by Gasteiger charge is 2.44. The number of carbonyl (C=O) groups excluding carboxylic acids is 1. The molecule has 2 saturated heterocycles. The standard InChI is InChI=1S/C31H37FN6O6S/c1-6-37(5)45(40,41)36-24-10-8-23(32)28(22(24)17-33)43-21-7-9-25-26(15-21)35-27(18-34-25)20-16-31(42-19-20)11-13-38(14-12-31)29(39)44-30(2,3)4/h7-10,15,18,20,36H,6,11-14,16,19H2,1-5H3. The van der Waals surface area contributed by atoms with Gasteiger partial charge in [-0.05, 0) is 64.3 Å². The Balaban J connectivity index is 1.32. The molecule has 1 spiro atoms. The second kappa shape index (κ2) is 12.4. The first kappa shape index (κ1) is 32.3. The fourth-order valence-corrected chi connectivity index (χ4v) is 6.37. The van der Waals surface area contributed by atoms with E-state index in [2.05, 4.69) is 9.71 Å². The molecule has 12 nitrogen and oxygen atoms in total. The van der Waals surface area contributed by atoms with Gasteiger partial charge in [0, 0.05) is 44.9 Å². The number of amides is 1. The summed E-state index contributed by atoms with van der Waals surface area (Å²) in [4.78, 5) is 23.6. The number of piperidine rings is 1. The summed E-state index contributed by atoms with van der Waals surface area (Å²) in [7, 11) is -2.58. The number of anilines is 1. The monoisotopic (exact) mass is 640 g/mol. The summed E-state index contributed by atoms with van der Waals surface area (Å²) >= 11 is 0. The van der Waals surface area contributed by atoms with E-state index in [1.807, 2.05) is 26.8 Å². The predicted molar refractivity (Wildman–Crippen MR) is 165 cm³/mol. The zero-order valence-corrected chi connectivity index (χ0v) is 26.8. The van der Waals surface area contributed by atoms with E-state index in [0.29, 0.717) is 43.6 Å². The number of nitrogens with zero attached hydrogens (tertiary/aromatic N) is 5. The quantitative estimate of drug-likeness (QED) is 0.363. The van der Waals surface area contributed by atoms with E-state index >= 15 is 0 Å². The number of hydrogen-bond acceptors (Lipinski definition) is 9. The molecule has 2 aliphatic rings. The summed E-state index contributed by atoms with van der Waals surface area (Å²) in [6.07, 6.45) is 3.53. The van der Waals surface area contributed by atoms with Gasteiger partial charge in [-0.2, -0.15) is 18.0 Å². The lowest BCUT2D eigenvalue weighted by Crippen LogP contribution is -2.47. The average molecular weight is 641 g/mol. The molecule has 3 heterocycles. The summed E-state index contributed by atoms with van der Waals surface area (Å²) < 4.78 is 61.0. The summed E-state index contributed by atoms with van der Waals surface area (Å²) in [5.41, 5.74) is 0.531. The van der Waals surface area contributed by atoms with Crippen LogP contribution in [-0.2, 0) is 19.7 Å². The first-order chi connectivity index (χ1) is 21.2. The van der Waals surface area contributed by atoms with Crippen LogP contribution in [0.4, 0.5) is 14.9 Å². The number of hydrogen-bond donors (Lipinski definition) is 1. The number of carbonyl (C=O) groups is 1. The van der Waals surface area contributed by atoms with Crippen LogP contribution >= 0.6 is 0 Å². The number of halogens is 1. The molecule has 0 saturated carbocycles. The fraction of sp³-hybridized carbons (Fsp3) is 0.484. The third-order valence-electron chi connectivity index (χ3n) is 8.02. The molecule has 1 amide bonds. The Morgan fingerprint density at radius 1 is 1.24 bits per heavy atom. The van der Waals surface area contributed by atoms with Crippen molar-refractivity contribution < 1.29 is 31.8 Å². The molecule has 0 bridgehead atoms. The Morgan fingerprint density at radius 3 is 2.64 bits per heavy atom. The summed E-state index contributed by atoms with van der Waals surface area (Å²) in [6.45, 7) is 8.96. The molecule has 2 fully saturated rings. The normalized spacial score (nSPS) is 18.3. The van der Waals surface area contributed by atoms with E-state index in [9.17, 15) is 22.9 Å². The summed E-state index contributed by atoms with van der Waals surface area (Å²) in [5, 5.41) is 9.81. The van der Waals surface area contributed by atoms with Crippen LogP contribution in [0.15, 0.2) is 36.5 Å². The Labute approximate surface area is 262 Å².